The van der Waals surface area contributed by atoms with Gasteiger partial charge in [-0.15, -0.1) is 0 Å². The van der Waals surface area contributed by atoms with Crippen LogP contribution in [0, 0.1) is 0 Å². The average Bonchev–Trinajstić information content (AvgIpc) is 1.88. The van der Waals surface area contributed by atoms with Gasteiger partial charge in [-0.2, -0.15) is 0 Å². The van der Waals surface area contributed by atoms with Crippen molar-refractivity contribution in [2.75, 3.05) is 0 Å². The molecule has 0 spiro atoms. The van der Waals surface area contributed by atoms with Crippen LogP contribution in [0.15, 0.2) is 18.3 Å². The summed E-state index contributed by atoms with van der Waals surface area (Å²) >= 11 is 9.19. The van der Waals surface area contributed by atoms with Crippen LogP contribution in [-0.4, -0.2) is 4.98 Å². The first-order valence-corrected chi connectivity index (χ1v) is 4.25. The van der Waals surface area contributed by atoms with Gasteiger partial charge in [0.15, 0.2) is 0 Å². The van der Waals surface area contributed by atoms with Gasteiger partial charge in [0.05, 0.1) is 0 Å². The third-order valence-electron chi connectivity index (χ3n) is 1.22. The van der Waals surface area contributed by atoms with Crippen LogP contribution in [0.1, 0.15) is 17.3 Å². The number of halogens is 2. The Hall–Kier alpha value is -0.0800. The Morgan fingerprint density at radius 3 is 2.80 bits per heavy atom. The minimum absolute atomic E-state index is 0.272. The van der Waals surface area contributed by atoms with Crippen molar-refractivity contribution in [1.29, 1.82) is 0 Å². The van der Waals surface area contributed by atoms with Crippen molar-refractivity contribution < 1.29 is 0 Å². The van der Waals surface area contributed by atoms with Gasteiger partial charge in [0.2, 0.25) is 0 Å². The predicted molar refractivity (Wildman–Crippen MR) is 46.6 cm³/mol. The molecule has 0 amide bonds. The molecule has 1 aromatic heterocycles. The van der Waals surface area contributed by atoms with E-state index in [9.17, 15) is 0 Å². The third kappa shape index (κ3) is 1.70. The van der Waals surface area contributed by atoms with Crippen molar-refractivity contribution in [2.24, 2.45) is 0 Å². The molecule has 54 valence electrons. The molecule has 1 unspecified atom stereocenters. The van der Waals surface area contributed by atoms with E-state index in [1.54, 1.807) is 6.20 Å². The second kappa shape index (κ2) is 3.35. The molecule has 1 atom stereocenters. The van der Waals surface area contributed by atoms with Gasteiger partial charge in [-0.3, -0.25) is 0 Å². The number of hydrogen-bond acceptors (Lipinski definition) is 1. The molecule has 0 saturated carbocycles. The zero-order valence-corrected chi connectivity index (χ0v) is 7.85. The van der Waals surface area contributed by atoms with Crippen LogP contribution in [0.4, 0.5) is 0 Å². The van der Waals surface area contributed by atoms with Crippen molar-refractivity contribution in [3.05, 3.63) is 29.0 Å². The molecule has 1 aromatic rings. The lowest BCUT2D eigenvalue weighted by Crippen LogP contribution is -1.86. The van der Waals surface area contributed by atoms with Crippen LogP contribution in [0.5, 0.6) is 0 Å². The summed E-state index contributed by atoms with van der Waals surface area (Å²) < 4.78 is 0. The van der Waals surface area contributed by atoms with E-state index in [0.717, 1.165) is 5.56 Å². The van der Waals surface area contributed by atoms with Crippen LogP contribution in [0.25, 0.3) is 0 Å². The van der Waals surface area contributed by atoms with Crippen LogP contribution >= 0.6 is 27.5 Å². The zero-order chi connectivity index (χ0) is 7.56. The lowest BCUT2D eigenvalue weighted by molar-refractivity contribution is 1.09. The quantitative estimate of drug-likeness (QED) is 0.523. The van der Waals surface area contributed by atoms with Gasteiger partial charge < -0.3 is 0 Å². The molecule has 0 radical (unpaired) electrons. The fourth-order valence-electron chi connectivity index (χ4n) is 0.695. The number of nitrogens with zero attached hydrogens (tertiary/aromatic N) is 1. The summed E-state index contributed by atoms with van der Waals surface area (Å²) in [5.41, 5.74) is 1.03. The summed E-state index contributed by atoms with van der Waals surface area (Å²) in [6.45, 7) is 2.02. The summed E-state index contributed by atoms with van der Waals surface area (Å²) in [4.78, 5) is 4.21. The van der Waals surface area contributed by atoms with Crippen LogP contribution in [0.3, 0.4) is 0 Å². The summed E-state index contributed by atoms with van der Waals surface area (Å²) in [5, 5.41) is 0.576. The summed E-state index contributed by atoms with van der Waals surface area (Å²) in [6.07, 6.45) is 1.68. The van der Waals surface area contributed by atoms with Gasteiger partial charge >= 0.3 is 0 Å². The summed E-state index contributed by atoms with van der Waals surface area (Å²) in [7, 11) is 0. The lowest BCUT2D eigenvalue weighted by atomic mass is 10.2. The SMILES string of the molecule is CC(Br)c1cccnc1Cl. The Morgan fingerprint density at radius 2 is 2.40 bits per heavy atom. The number of pyridine rings is 1. The van der Waals surface area contributed by atoms with Crippen LogP contribution in [-0.2, 0) is 0 Å². The summed E-state index contributed by atoms with van der Waals surface area (Å²) in [5.74, 6) is 0. The Kier molecular flexibility index (Phi) is 2.69. The molecule has 1 heterocycles. The maximum absolute atomic E-state index is 5.78. The molecule has 0 aliphatic rings. The molecule has 1 rings (SSSR count). The van der Waals surface area contributed by atoms with E-state index in [-0.39, 0.29) is 4.83 Å². The highest BCUT2D eigenvalue weighted by atomic mass is 79.9. The van der Waals surface area contributed by atoms with E-state index in [4.69, 9.17) is 11.6 Å². The smallest absolute Gasteiger partial charge is 0.133 e. The first-order chi connectivity index (χ1) is 4.72. The van der Waals surface area contributed by atoms with Gasteiger partial charge in [-0.05, 0) is 13.0 Å². The van der Waals surface area contributed by atoms with Gasteiger partial charge in [0.25, 0.3) is 0 Å². The molecule has 3 heteroatoms. The molecular weight excluding hydrogens is 213 g/mol. The van der Waals surface area contributed by atoms with E-state index in [0.29, 0.717) is 5.15 Å². The molecule has 0 saturated heterocycles. The molecule has 0 aliphatic carbocycles. The first kappa shape index (κ1) is 8.02. The first-order valence-electron chi connectivity index (χ1n) is 2.96. The van der Waals surface area contributed by atoms with E-state index < -0.39 is 0 Å². The Labute approximate surface area is 73.6 Å². The van der Waals surface area contributed by atoms with Crippen molar-refractivity contribution in [2.45, 2.75) is 11.8 Å². The van der Waals surface area contributed by atoms with E-state index >= 15 is 0 Å². The molecule has 0 aliphatic heterocycles. The fourth-order valence-corrected chi connectivity index (χ4v) is 1.48. The number of alkyl halides is 1. The van der Waals surface area contributed by atoms with Crippen molar-refractivity contribution in [3.8, 4) is 0 Å². The summed E-state index contributed by atoms with van der Waals surface area (Å²) in [6, 6.07) is 3.83. The Balaban J connectivity index is 3.03. The number of rotatable bonds is 1. The van der Waals surface area contributed by atoms with Gasteiger partial charge in [0.1, 0.15) is 5.15 Å². The zero-order valence-electron chi connectivity index (χ0n) is 5.51. The highest BCUT2D eigenvalue weighted by Crippen LogP contribution is 2.26. The second-order valence-electron chi connectivity index (χ2n) is 2.00. The van der Waals surface area contributed by atoms with Crippen LogP contribution in [0.2, 0.25) is 5.15 Å². The molecule has 1 nitrogen and oxygen atoms in total. The standard InChI is InChI=1S/C7H7BrClN/c1-5(8)6-3-2-4-10-7(6)9/h2-5H,1H3. The van der Waals surface area contributed by atoms with Crippen LogP contribution < -0.4 is 0 Å². The molecule has 10 heavy (non-hydrogen) atoms. The maximum Gasteiger partial charge on any atom is 0.133 e. The third-order valence-corrected chi connectivity index (χ3v) is 2.03. The van der Waals surface area contributed by atoms with E-state index in [1.165, 1.54) is 0 Å². The van der Waals surface area contributed by atoms with E-state index in [1.807, 2.05) is 19.1 Å². The molecule has 0 aromatic carbocycles. The predicted octanol–water partition coefficient (Wildman–Crippen LogP) is 3.19. The minimum Gasteiger partial charge on any atom is -0.244 e. The van der Waals surface area contributed by atoms with Gasteiger partial charge in [-0.1, -0.05) is 33.6 Å². The Morgan fingerprint density at radius 1 is 1.70 bits per heavy atom. The highest BCUT2D eigenvalue weighted by Gasteiger charge is 2.04. The monoisotopic (exact) mass is 219 g/mol. The Bertz CT molecular complexity index is 225. The van der Waals surface area contributed by atoms with Gasteiger partial charge in [-0.25, -0.2) is 4.98 Å². The lowest BCUT2D eigenvalue weighted by Gasteiger charge is -2.02. The molecule has 0 N–H and O–H groups in total. The minimum atomic E-state index is 0.272. The highest BCUT2D eigenvalue weighted by molar-refractivity contribution is 9.09. The number of hydrogen-bond donors (Lipinski definition) is 0. The van der Waals surface area contributed by atoms with Crippen molar-refractivity contribution in [3.63, 3.8) is 0 Å². The van der Waals surface area contributed by atoms with E-state index in [2.05, 4.69) is 20.9 Å². The fraction of sp³-hybridized carbons (Fsp3) is 0.286. The molecule has 0 bridgehead atoms. The molecular formula is C7H7BrClN. The normalized spacial score (nSPS) is 13.1. The number of aromatic nitrogens is 1. The van der Waals surface area contributed by atoms with Crippen molar-refractivity contribution in [1.82, 2.24) is 4.98 Å². The maximum atomic E-state index is 5.78. The van der Waals surface area contributed by atoms with Gasteiger partial charge in [0, 0.05) is 16.6 Å². The van der Waals surface area contributed by atoms with Crippen molar-refractivity contribution >= 4 is 27.5 Å². The largest absolute Gasteiger partial charge is 0.244 e. The second-order valence-corrected chi connectivity index (χ2v) is 3.73. The molecule has 0 fully saturated rings. The average molecular weight is 220 g/mol. The topological polar surface area (TPSA) is 12.9 Å².